The monoisotopic (exact) mass is 429 g/mol. The van der Waals surface area contributed by atoms with E-state index in [-0.39, 0.29) is 17.9 Å². The quantitative estimate of drug-likeness (QED) is 0.695. The van der Waals surface area contributed by atoms with Crippen LogP contribution in [0.4, 0.5) is 4.79 Å². The average Bonchev–Trinajstić information content (AvgIpc) is 3.36. The molecule has 8 nitrogen and oxygen atoms in total. The summed E-state index contributed by atoms with van der Waals surface area (Å²) in [4.78, 5) is 26.6. The second kappa shape index (κ2) is 8.99. The van der Waals surface area contributed by atoms with Crippen molar-refractivity contribution in [1.29, 1.82) is 0 Å². The predicted octanol–water partition coefficient (Wildman–Crippen LogP) is 3.80. The van der Waals surface area contributed by atoms with Crippen LogP contribution in [0.1, 0.15) is 57.3 Å². The van der Waals surface area contributed by atoms with Gasteiger partial charge < -0.3 is 19.1 Å². The van der Waals surface area contributed by atoms with Gasteiger partial charge >= 0.3 is 6.09 Å². The van der Waals surface area contributed by atoms with Crippen molar-refractivity contribution in [3.63, 3.8) is 0 Å². The predicted molar refractivity (Wildman–Crippen MR) is 116 cm³/mol. The van der Waals surface area contributed by atoms with Crippen LogP contribution in [-0.2, 0) is 9.53 Å². The third-order valence-electron chi connectivity index (χ3n) is 5.23. The fourth-order valence-corrected chi connectivity index (χ4v) is 3.77. The van der Waals surface area contributed by atoms with E-state index in [0.29, 0.717) is 30.3 Å². The van der Waals surface area contributed by atoms with Crippen molar-refractivity contribution in [3.05, 3.63) is 41.7 Å². The van der Waals surface area contributed by atoms with Gasteiger partial charge in [-0.3, -0.25) is 9.48 Å². The molecule has 0 unspecified atom stereocenters. The zero-order valence-electron chi connectivity index (χ0n) is 19.0. The Labute approximate surface area is 183 Å². The second-order valence-electron chi connectivity index (χ2n) is 8.78. The van der Waals surface area contributed by atoms with Gasteiger partial charge in [0.15, 0.2) is 0 Å². The molecule has 1 amide bonds. The van der Waals surface area contributed by atoms with Crippen LogP contribution >= 0.6 is 0 Å². The molecular weight excluding hydrogens is 398 g/mol. The Kier molecular flexibility index (Phi) is 6.57. The number of ether oxygens (including phenoxy) is 3. The first-order valence-electron chi connectivity index (χ1n) is 10.4. The van der Waals surface area contributed by atoms with Gasteiger partial charge in [0.1, 0.15) is 22.9 Å². The van der Waals surface area contributed by atoms with Crippen molar-refractivity contribution < 1.29 is 23.8 Å². The highest BCUT2D eigenvalue weighted by Crippen LogP contribution is 2.32. The maximum absolute atomic E-state index is 12.5. The first kappa shape index (κ1) is 22.7. The lowest BCUT2D eigenvalue weighted by atomic mass is 9.92. The Bertz CT molecular complexity index is 925. The van der Waals surface area contributed by atoms with E-state index in [1.807, 2.05) is 49.8 Å². The lowest BCUT2D eigenvalue weighted by Crippen LogP contribution is -2.35. The number of nitrogens with zero attached hydrogens (tertiary/aromatic N) is 3. The van der Waals surface area contributed by atoms with Crippen LogP contribution in [0.25, 0.3) is 0 Å². The van der Waals surface area contributed by atoms with Crippen molar-refractivity contribution in [2.45, 2.75) is 51.7 Å². The maximum Gasteiger partial charge on any atom is 0.410 e. The van der Waals surface area contributed by atoms with E-state index >= 15 is 0 Å². The Morgan fingerprint density at radius 2 is 1.77 bits per heavy atom. The Morgan fingerprint density at radius 3 is 2.32 bits per heavy atom. The van der Waals surface area contributed by atoms with Crippen LogP contribution in [0.2, 0.25) is 0 Å². The number of hydrogen-bond acceptors (Lipinski definition) is 6. The average molecular weight is 430 g/mol. The Hall–Kier alpha value is -3.03. The number of rotatable bonds is 6. The zero-order chi connectivity index (χ0) is 22.8. The molecule has 1 fully saturated rings. The molecule has 8 heteroatoms. The highest BCUT2D eigenvalue weighted by atomic mass is 16.6. The summed E-state index contributed by atoms with van der Waals surface area (Å²) < 4.78 is 18.0. The molecule has 1 aliphatic heterocycles. The number of benzene rings is 1. The molecule has 1 saturated heterocycles. The molecule has 31 heavy (non-hydrogen) atoms. The first-order chi connectivity index (χ1) is 14.6. The highest BCUT2D eigenvalue weighted by Gasteiger charge is 2.32. The summed E-state index contributed by atoms with van der Waals surface area (Å²) in [5, 5.41) is 4.70. The minimum atomic E-state index is -0.534. The summed E-state index contributed by atoms with van der Waals surface area (Å²) in [6.07, 6.45) is 2.33. The number of ketones is 1. The van der Waals surface area contributed by atoms with Crippen LogP contribution < -0.4 is 9.47 Å². The molecule has 0 aliphatic carbocycles. The SMILES string of the molecule is COc1cc(OC)cc([C@H](C(C)=O)c2ccn([C@H]3CCN(C(=O)OC(C)(C)C)C3)n2)c1. The van der Waals surface area contributed by atoms with Crippen molar-refractivity contribution in [1.82, 2.24) is 14.7 Å². The molecule has 2 atom stereocenters. The minimum absolute atomic E-state index is 0.0256. The number of carbonyl (C=O) groups is 2. The Balaban J connectivity index is 1.80. The van der Waals surface area contributed by atoms with Crippen molar-refractivity contribution in [2.75, 3.05) is 27.3 Å². The third kappa shape index (κ3) is 5.37. The van der Waals surface area contributed by atoms with E-state index in [1.54, 1.807) is 32.1 Å². The van der Waals surface area contributed by atoms with Gasteiger partial charge in [-0.1, -0.05) is 0 Å². The fourth-order valence-electron chi connectivity index (χ4n) is 3.77. The lowest BCUT2D eigenvalue weighted by molar-refractivity contribution is -0.117. The molecule has 2 heterocycles. The van der Waals surface area contributed by atoms with Crippen molar-refractivity contribution >= 4 is 11.9 Å². The van der Waals surface area contributed by atoms with Gasteiger partial charge in [-0.2, -0.15) is 5.10 Å². The number of likely N-dealkylation sites (tertiary alicyclic amines) is 1. The van der Waals surface area contributed by atoms with E-state index in [2.05, 4.69) is 0 Å². The smallest absolute Gasteiger partial charge is 0.410 e. The molecule has 0 radical (unpaired) electrons. The third-order valence-corrected chi connectivity index (χ3v) is 5.23. The number of aromatic nitrogens is 2. The molecule has 0 bridgehead atoms. The summed E-state index contributed by atoms with van der Waals surface area (Å²) in [6.45, 7) is 8.25. The van der Waals surface area contributed by atoms with Crippen molar-refractivity contribution in [2.24, 2.45) is 0 Å². The van der Waals surface area contributed by atoms with Gasteiger partial charge in [0, 0.05) is 25.4 Å². The molecule has 0 saturated carbocycles. The van der Waals surface area contributed by atoms with E-state index < -0.39 is 11.5 Å². The minimum Gasteiger partial charge on any atom is -0.497 e. The van der Waals surface area contributed by atoms with Crippen LogP contribution in [-0.4, -0.2) is 59.5 Å². The molecule has 0 spiro atoms. The largest absolute Gasteiger partial charge is 0.497 e. The number of methoxy groups -OCH3 is 2. The molecule has 2 aromatic rings. The fraction of sp³-hybridized carbons (Fsp3) is 0.522. The van der Waals surface area contributed by atoms with Crippen LogP contribution in [0.3, 0.4) is 0 Å². The van der Waals surface area contributed by atoms with Gasteiger partial charge in [-0.25, -0.2) is 4.79 Å². The van der Waals surface area contributed by atoms with E-state index in [4.69, 9.17) is 19.3 Å². The number of amides is 1. The zero-order valence-corrected chi connectivity index (χ0v) is 19.0. The topological polar surface area (TPSA) is 82.9 Å². The molecule has 0 N–H and O–H groups in total. The molecule has 1 aromatic carbocycles. The van der Waals surface area contributed by atoms with Gasteiger partial charge in [0.2, 0.25) is 0 Å². The number of carbonyl (C=O) groups excluding carboxylic acids is 2. The summed E-state index contributed by atoms with van der Waals surface area (Å²) in [5.41, 5.74) is 0.884. The van der Waals surface area contributed by atoms with Crippen LogP contribution in [0, 0.1) is 0 Å². The van der Waals surface area contributed by atoms with Gasteiger partial charge in [-0.15, -0.1) is 0 Å². The van der Waals surface area contributed by atoms with Gasteiger partial charge in [0.25, 0.3) is 0 Å². The normalized spacial score (nSPS) is 17.4. The molecule has 3 rings (SSSR count). The van der Waals surface area contributed by atoms with Crippen LogP contribution in [0.15, 0.2) is 30.5 Å². The standard InChI is InChI=1S/C23H31N3O5/c1-15(27)21(16-11-18(29-5)13-19(12-16)30-6)20-8-10-26(24-20)17-7-9-25(14-17)22(28)31-23(2,3)4/h8,10-13,17,21H,7,9,14H2,1-6H3/t17-,21-/m0/s1. The Morgan fingerprint density at radius 1 is 1.13 bits per heavy atom. The van der Waals surface area contributed by atoms with E-state index in [9.17, 15) is 9.59 Å². The number of hydrogen-bond donors (Lipinski definition) is 0. The van der Waals surface area contributed by atoms with Gasteiger partial charge in [0.05, 0.1) is 31.9 Å². The maximum atomic E-state index is 12.5. The van der Waals surface area contributed by atoms with E-state index in [0.717, 1.165) is 12.0 Å². The molecule has 1 aliphatic rings. The summed E-state index contributed by atoms with van der Waals surface area (Å²) in [7, 11) is 3.15. The molecular formula is C23H31N3O5. The molecule has 1 aromatic heterocycles. The van der Waals surface area contributed by atoms with Crippen molar-refractivity contribution in [3.8, 4) is 11.5 Å². The molecule has 168 valence electrons. The summed E-state index contributed by atoms with van der Waals surface area (Å²) >= 11 is 0. The lowest BCUT2D eigenvalue weighted by Gasteiger charge is -2.24. The number of Topliss-reactive ketones (excluding diaryl/α,β-unsaturated/α-hetero) is 1. The summed E-state index contributed by atoms with van der Waals surface area (Å²) in [5.74, 6) is 0.670. The second-order valence-corrected chi connectivity index (χ2v) is 8.78. The van der Waals surface area contributed by atoms with E-state index in [1.165, 1.54) is 0 Å². The highest BCUT2D eigenvalue weighted by molar-refractivity contribution is 5.86. The van der Waals surface area contributed by atoms with Gasteiger partial charge in [-0.05, 0) is 57.9 Å². The first-order valence-corrected chi connectivity index (χ1v) is 10.4. The summed E-state index contributed by atoms with van der Waals surface area (Å²) in [6, 6.07) is 7.31. The van der Waals surface area contributed by atoms with Crippen LogP contribution in [0.5, 0.6) is 11.5 Å².